The summed E-state index contributed by atoms with van der Waals surface area (Å²) < 4.78 is 10.6. The first-order valence-electron chi connectivity index (χ1n) is 7.33. The number of carbonyl (C=O) groups is 1. The molecule has 1 amide bonds. The molecular formula is C17H21NO4. The van der Waals surface area contributed by atoms with E-state index in [1.54, 1.807) is 12.1 Å². The molecule has 118 valence electrons. The maximum Gasteiger partial charge on any atom is 0.336 e. The minimum atomic E-state index is -0.398. The van der Waals surface area contributed by atoms with Crippen LogP contribution in [0.2, 0.25) is 0 Å². The monoisotopic (exact) mass is 303 g/mol. The maximum atomic E-state index is 11.8. The Morgan fingerprint density at radius 1 is 1.27 bits per heavy atom. The van der Waals surface area contributed by atoms with Crippen molar-refractivity contribution in [3.8, 4) is 5.75 Å². The Morgan fingerprint density at radius 2 is 2.00 bits per heavy atom. The molecule has 1 heterocycles. The quantitative estimate of drug-likeness (QED) is 0.862. The van der Waals surface area contributed by atoms with Gasteiger partial charge in [0.2, 0.25) is 0 Å². The third-order valence-electron chi connectivity index (χ3n) is 3.68. The number of hydrogen-bond acceptors (Lipinski definition) is 4. The lowest BCUT2D eigenvalue weighted by molar-refractivity contribution is -0.124. The maximum absolute atomic E-state index is 11.8. The molecule has 0 aliphatic carbocycles. The lowest BCUT2D eigenvalue weighted by atomic mass is 10.1. The summed E-state index contributed by atoms with van der Waals surface area (Å²) in [7, 11) is 0. The van der Waals surface area contributed by atoms with Gasteiger partial charge in [-0.1, -0.05) is 13.8 Å². The second-order valence-corrected chi connectivity index (χ2v) is 5.80. The SMILES string of the molecule is Cc1cc(=O)oc2cc(OCC(=O)NC(C)C(C)C)ccc12. The van der Waals surface area contributed by atoms with Crippen LogP contribution >= 0.6 is 0 Å². The van der Waals surface area contributed by atoms with E-state index < -0.39 is 5.63 Å². The molecule has 0 saturated carbocycles. The summed E-state index contributed by atoms with van der Waals surface area (Å²) in [4.78, 5) is 23.2. The average molecular weight is 303 g/mol. The molecular weight excluding hydrogens is 282 g/mol. The summed E-state index contributed by atoms with van der Waals surface area (Å²) >= 11 is 0. The standard InChI is InChI=1S/C17H21NO4/c1-10(2)12(4)18-16(19)9-21-13-5-6-14-11(3)7-17(20)22-15(14)8-13/h5-8,10,12H,9H2,1-4H3,(H,18,19). The predicted octanol–water partition coefficient (Wildman–Crippen LogP) is 2.64. The molecule has 0 radical (unpaired) electrons. The highest BCUT2D eigenvalue weighted by atomic mass is 16.5. The van der Waals surface area contributed by atoms with Crippen LogP contribution in [-0.2, 0) is 4.79 Å². The van der Waals surface area contributed by atoms with Crippen molar-refractivity contribution in [2.45, 2.75) is 33.7 Å². The fourth-order valence-electron chi connectivity index (χ4n) is 2.01. The first kappa shape index (κ1) is 16.1. The first-order chi connectivity index (χ1) is 10.4. The normalized spacial score (nSPS) is 12.4. The van der Waals surface area contributed by atoms with E-state index >= 15 is 0 Å². The topological polar surface area (TPSA) is 68.5 Å². The molecule has 0 bridgehead atoms. The van der Waals surface area contributed by atoms with Gasteiger partial charge in [0, 0.05) is 23.6 Å². The van der Waals surface area contributed by atoms with Gasteiger partial charge in [0.1, 0.15) is 11.3 Å². The van der Waals surface area contributed by atoms with Gasteiger partial charge in [-0.25, -0.2) is 4.79 Å². The van der Waals surface area contributed by atoms with Gasteiger partial charge in [-0.15, -0.1) is 0 Å². The van der Waals surface area contributed by atoms with Gasteiger partial charge in [-0.2, -0.15) is 0 Å². The summed E-state index contributed by atoms with van der Waals surface area (Å²) in [5.74, 6) is 0.683. The van der Waals surface area contributed by atoms with Crippen LogP contribution in [-0.4, -0.2) is 18.6 Å². The molecule has 1 aromatic heterocycles. The molecule has 1 unspecified atom stereocenters. The summed E-state index contributed by atoms with van der Waals surface area (Å²) in [6.07, 6.45) is 0. The third-order valence-corrected chi connectivity index (χ3v) is 3.68. The first-order valence-corrected chi connectivity index (χ1v) is 7.33. The Hall–Kier alpha value is -2.30. The Morgan fingerprint density at radius 3 is 2.68 bits per heavy atom. The Bertz CT molecular complexity index is 733. The van der Waals surface area contributed by atoms with Gasteiger partial charge in [-0.05, 0) is 37.5 Å². The molecule has 0 aliphatic heterocycles. The van der Waals surface area contributed by atoms with Crippen LogP contribution in [0.25, 0.3) is 11.0 Å². The molecule has 5 nitrogen and oxygen atoms in total. The number of hydrogen-bond donors (Lipinski definition) is 1. The largest absolute Gasteiger partial charge is 0.484 e. The Kier molecular flexibility index (Phi) is 4.85. The van der Waals surface area contributed by atoms with Gasteiger partial charge >= 0.3 is 5.63 Å². The zero-order chi connectivity index (χ0) is 16.3. The number of carbonyl (C=O) groups excluding carboxylic acids is 1. The van der Waals surface area contributed by atoms with E-state index in [4.69, 9.17) is 9.15 Å². The van der Waals surface area contributed by atoms with Crippen LogP contribution in [0, 0.1) is 12.8 Å². The number of aryl methyl sites for hydroxylation is 1. The van der Waals surface area contributed by atoms with E-state index in [1.165, 1.54) is 6.07 Å². The third kappa shape index (κ3) is 3.87. The molecule has 5 heteroatoms. The summed E-state index contributed by atoms with van der Waals surface area (Å²) in [6, 6.07) is 6.74. The fraction of sp³-hybridized carbons (Fsp3) is 0.412. The van der Waals surface area contributed by atoms with Crippen molar-refractivity contribution in [1.82, 2.24) is 5.32 Å². The van der Waals surface area contributed by atoms with Gasteiger partial charge in [0.05, 0.1) is 0 Å². The van der Waals surface area contributed by atoms with Gasteiger partial charge in [0.15, 0.2) is 6.61 Å². The van der Waals surface area contributed by atoms with Crippen LogP contribution < -0.4 is 15.7 Å². The molecule has 2 aromatic rings. The van der Waals surface area contributed by atoms with Crippen LogP contribution in [0.1, 0.15) is 26.3 Å². The predicted molar refractivity (Wildman–Crippen MR) is 85.2 cm³/mol. The lowest BCUT2D eigenvalue weighted by Gasteiger charge is -2.17. The molecule has 0 fully saturated rings. The molecule has 1 aromatic carbocycles. The molecule has 0 saturated heterocycles. The van der Waals surface area contributed by atoms with Crippen molar-refractivity contribution >= 4 is 16.9 Å². The average Bonchev–Trinajstić information content (AvgIpc) is 2.44. The molecule has 2 rings (SSSR count). The number of fused-ring (bicyclic) bond motifs is 1. The molecule has 1 atom stereocenters. The molecule has 1 N–H and O–H groups in total. The highest BCUT2D eigenvalue weighted by Crippen LogP contribution is 2.22. The van der Waals surface area contributed by atoms with E-state index in [-0.39, 0.29) is 18.6 Å². The molecule has 0 aliphatic rings. The summed E-state index contributed by atoms with van der Waals surface area (Å²) in [5.41, 5.74) is 0.908. The number of ether oxygens (including phenoxy) is 1. The van der Waals surface area contributed by atoms with E-state index in [1.807, 2.05) is 33.8 Å². The van der Waals surface area contributed by atoms with E-state index in [2.05, 4.69) is 5.32 Å². The van der Waals surface area contributed by atoms with Crippen molar-refractivity contribution < 1.29 is 13.9 Å². The van der Waals surface area contributed by atoms with Crippen molar-refractivity contribution in [3.63, 3.8) is 0 Å². The van der Waals surface area contributed by atoms with E-state index in [0.29, 0.717) is 17.3 Å². The van der Waals surface area contributed by atoms with Crippen LogP contribution in [0.3, 0.4) is 0 Å². The summed E-state index contributed by atoms with van der Waals surface area (Å²) in [5, 5.41) is 3.72. The highest BCUT2D eigenvalue weighted by molar-refractivity contribution is 5.81. The van der Waals surface area contributed by atoms with Gasteiger partial charge in [0.25, 0.3) is 5.91 Å². The number of rotatable bonds is 5. The van der Waals surface area contributed by atoms with E-state index in [0.717, 1.165) is 10.9 Å². The number of benzene rings is 1. The van der Waals surface area contributed by atoms with Gasteiger partial charge in [-0.3, -0.25) is 4.79 Å². The van der Waals surface area contributed by atoms with Gasteiger partial charge < -0.3 is 14.5 Å². The van der Waals surface area contributed by atoms with Crippen molar-refractivity contribution in [1.29, 1.82) is 0 Å². The van der Waals surface area contributed by atoms with Crippen molar-refractivity contribution in [2.75, 3.05) is 6.61 Å². The highest BCUT2D eigenvalue weighted by Gasteiger charge is 2.11. The van der Waals surface area contributed by atoms with Crippen molar-refractivity contribution in [3.05, 3.63) is 40.2 Å². The van der Waals surface area contributed by atoms with Crippen LogP contribution in [0.5, 0.6) is 5.75 Å². The fourth-order valence-corrected chi connectivity index (χ4v) is 2.01. The zero-order valence-corrected chi connectivity index (χ0v) is 13.3. The van der Waals surface area contributed by atoms with Crippen LogP contribution in [0.15, 0.2) is 33.5 Å². The zero-order valence-electron chi connectivity index (χ0n) is 13.3. The van der Waals surface area contributed by atoms with Crippen LogP contribution in [0.4, 0.5) is 0 Å². The smallest absolute Gasteiger partial charge is 0.336 e. The minimum absolute atomic E-state index is 0.0708. The lowest BCUT2D eigenvalue weighted by Crippen LogP contribution is -2.38. The number of amides is 1. The van der Waals surface area contributed by atoms with E-state index in [9.17, 15) is 9.59 Å². The Labute approximate surface area is 129 Å². The Balaban J connectivity index is 2.06. The second-order valence-electron chi connectivity index (χ2n) is 5.80. The molecule has 22 heavy (non-hydrogen) atoms. The number of nitrogens with one attached hydrogen (secondary N) is 1. The second kappa shape index (κ2) is 6.64. The molecule has 0 spiro atoms. The summed E-state index contributed by atoms with van der Waals surface area (Å²) in [6.45, 7) is 7.81. The van der Waals surface area contributed by atoms with Crippen molar-refractivity contribution in [2.24, 2.45) is 5.92 Å². The minimum Gasteiger partial charge on any atom is -0.484 e.